The molecule has 142 valence electrons. The molecule has 0 saturated heterocycles. The van der Waals surface area contributed by atoms with Crippen LogP contribution in [0.3, 0.4) is 0 Å². The Hall–Kier alpha value is -2.31. The quantitative estimate of drug-likeness (QED) is 0.761. The Morgan fingerprint density at radius 1 is 1.27 bits per heavy atom. The van der Waals surface area contributed by atoms with Crippen LogP contribution in [0.25, 0.3) is 0 Å². The number of aromatic nitrogens is 4. The standard InChI is InChI=1S/C19H29N5O2/c1-4-7-10-17-20-24(19(26)22(17)6-3)14-18(25)23-13-12-21-11-8-9-16(21)15(23)5-2/h8-9,11,15H,4-7,10,12-14H2,1-3H3/t15-/m1/s1. The van der Waals surface area contributed by atoms with E-state index in [0.29, 0.717) is 13.1 Å². The van der Waals surface area contributed by atoms with Crippen LogP contribution >= 0.6 is 0 Å². The maximum atomic E-state index is 13.0. The molecule has 0 fully saturated rings. The Morgan fingerprint density at radius 2 is 2.08 bits per heavy atom. The van der Waals surface area contributed by atoms with Crippen LogP contribution in [-0.2, 0) is 30.8 Å². The highest BCUT2D eigenvalue weighted by atomic mass is 16.2. The van der Waals surface area contributed by atoms with E-state index in [0.717, 1.165) is 38.1 Å². The molecule has 0 spiro atoms. The van der Waals surface area contributed by atoms with Gasteiger partial charge >= 0.3 is 5.69 Å². The van der Waals surface area contributed by atoms with Crippen LogP contribution in [0.2, 0.25) is 0 Å². The number of hydrogen-bond acceptors (Lipinski definition) is 3. The first-order chi connectivity index (χ1) is 12.6. The second kappa shape index (κ2) is 7.93. The first-order valence-corrected chi connectivity index (χ1v) is 9.71. The normalized spacial score (nSPS) is 16.7. The van der Waals surface area contributed by atoms with Gasteiger partial charge in [0, 0.05) is 37.9 Å². The fourth-order valence-corrected chi connectivity index (χ4v) is 3.84. The van der Waals surface area contributed by atoms with Crippen LogP contribution < -0.4 is 5.69 Å². The summed E-state index contributed by atoms with van der Waals surface area (Å²) in [7, 11) is 0. The summed E-state index contributed by atoms with van der Waals surface area (Å²) < 4.78 is 5.23. The molecule has 26 heavy (non-hydrogen) atoms. The van der Waals surface area contributed by atoms with E-state index in [2.05, 4.69) is 35.8 Å². The van der Waals surface area contributed by atoms with E-state index in [4.69, 9.17) is 0 Å². The van der Waals surface area contributed by atoms with Crippen molar-refractivity contribution in [1.29, 1.82) is 0 Å². The lowest BCUT2D eigenvalue weighted by atomic mass is 10.1. The Morgan fingerprint density at radius 3 is 2.77 bits per heavy atom. The Kier molecular flexibility index (Phi) is 5.64. The molecule has 0 radical (unpaired) electrons. The van der Waals surface area contributed by atoms with Crippen molar-refractivity contribution in [1.82, 2.24) is 23.8 Å². The van der Waals surface area contributed by atoms with E-state index in [1.165, 1.54) is 10.4 Å². The Balaban J connectivity index is 1.80. The molecule has 2 aromatic heterocycles. The monoisotopic (exact) mass is 359 g/mol. The van der Waals surface area contributed by atoms with E-state index >= 15 is 0 Å². The Bertz CT molecular complexity index is 816. The number of amides is 1. The topological polar surface area (TPSA) is 65.1 Å². The van der Waals surface area contributed by atoms with Gasteiger partial charge in [-0.3, -0.25) is 9.36 Å². The third kappa shape index (κ3) is 3.34. The fourth-order valence-electron chi connectivity index (χ4n) is 3.84. The van der Waals surface area contributed by atoms with Gasteiger partial charge in [0.1, 0.15) is 12.4 Å². The van der Waals surface area contributed by atoms with E-state index in [-0.39, 0.29) is 24.2 Å². The largest absolute Gasteiger partial charge is 0.348 e. The molecule has 0 saturated carbocycles. The number of hydrogen-bond donors (Lipinski definition) is 0. The minimum atomic E-state index is -0.180. The molecule has 1 aliphatic rings. The molecule has 1 atom stereocenters. The van der Waals surface area contributed by atoms with E-state index < -0.39 is 0 Å². The number of unbranched alkanes of at least 4 members (excludes halogenated alkanes) is 1. The summed E-state index contributed by atoms with van der Waals surface area (Å²) in [5, 5.41) is 4.45. The third-order valence-electron chi connectivity index (χ3n) is 5.23. The number of aryl methyl sites for hydroxylation is 1. The highest BCUT2D eigenvalue weighted by Gasteiger charge is 2.30. The van der Waals surface area contributed by atoms with Gasteiger partial charge in [-0.1, -0.05) is 20.3 Å². The van der Waals surface area contributed by atoms with Crippen LogP contribution in [0.4, 0.5) is 0 Å². The lowest BCUT2D eigenvalue weighted by Gasteiger charge is -2.36. The van der Waals surface area contributed by atoms with Crippen molar-refractivity contribution < 1.29 is 4.79 Å². The lowest BCUT2D eigenvalue weighted by molar-refractivity contribution is -0.135. The summed E-state index contributed by atoms with van der Waals surface area (Å²) in [6.07, 6.45) is 5.74. The average molecular weight is 359 g/mol. The van der Waals surface area contributed by atoms with Crippen molar-refractivity contribution in [3.63, 3.8) is 0 Å². The van der Waals surface area contributed by atoms with E-state index in [1.807, 2.05) is 17.9 Å². The van der Waals surface area contributed by atoms with Crippen molar-refractivity contribution in [2.45, 2.75) is 72.1 Å². The molecular formula is C19H29N5O2. The molecule has 3 rings (SSSR count). The fraction of sp³-hybridized carbons (Fsp3) is 0.632. The van der Waals surface area contributed by atoms with Crippen LogP contribution in [-0.4, -0.2) is 36.3 Å². The number of carbonyl (C=O) groups excluding carboxylic acids is 1. The van der Waals surface area contributed by atoms with Crippen LogP contribution in [0, 0.1) is 0 Å². The second-order valence-corrected chi connectivity index (χ2v) is 6.84. The summed E-state index contributed by atoms with van der Waals surface area (Å²) in [4.78, 5) is 27.5. The van der Waals surface area contributed by atoms with Crippen molar-refractivity contribution in [2.24, 2.45) is 0 Å². The van der Waals surface area contributed by atoms with Gasteiger partial charge in [0.15, 0.2) is 0 Å². The number of fused-ring (bicyclic) bond motifs is 1. The van der Waals surface area contributed by atoms with Gasteiger partial charge in [-0.05, 0) is 31.9 Å². The molecule has 1 aliphatic heterocycles. The molecule has 0 bridgehead atoms. The van der Waals surface area contributed by atoms with Crippen molar-refractivity contribution in [3.8, 4) is 0 Å². The molecule has 0 aliphatic carbocycles. The smallest absolute Gasteiger partial charge is 0.346 e. The summed E-state index contributed by atoms with van der Waals surface area (Å²) in [5.74, 6) is 0.751. The highest BCUT2D eigenvalue weighted by Crippen LogP contribution is 2.28. The molecule has 7 nitrogen and oxygen atoms in total. The Labute approximate surface area is 154 Å². The van der Waals surface area contributed by atoms with Crippen molar-refractivity contribution >= 4 is 5.91 Å². The van der Waals surface area contributed by atoms with Crippen LogP contribution in [0.15, 0.2) is 23.1 Å². The van der Waals surface area contributed by atoms with E-state index in [9.17, 15) is 9.59 Å². The van der Waals surface area contributed by atoms with Gasteiger partial charge in [-0.25, -0.2) is 9.48 Å². The maximum absolute atomic E-state index is 13.0. The predicted octanol–water partition coefficient (Wildman–Crippen LogP) is 2.20. The second-order valence-electron chi connectivity index (χ2n) is 6.84. The number of nitrogens with zero attached hydrogens (tertiary/aromatic N) is 5. The summed E-state index contributed by atoms with van der Waals surface area (Å²) >= 11 is 0. The maximum Gasteiger partial charge on any atom is 0.346 e. The van der Waals surface area contributed by atoms with Crippen molar-refractivity contribution in [2.75, 3.05) is 6.54 Å². The SMILES string of the molecule is CCCCc1nn(CC(=O)N2CCn3cccc3[C@H]2CC)c(=O)n1CC. The molecule has 0 unspecified atom stereocenters. The van der Waals surface area contributed by atoms with Gasteiger partial charge in [0.25, 0.3) is 0 Å². The van der Waals surface area contributed by atoms with Crippen LogP contribution in [0.1, 0.15) is 57.6 Å². The molecule has 0 N–H and O–H groups in total. The third-order valence-corrected chi connectivity index (χ3v) is 5.23. The van der Waals surface area contributed by atoms with Crippen molar-refractivity contribution in [3.05, 3.63) is 40.3 Å². The average Bonchev–Trinajstić information content (AvgIpc) is 3.23. The first-order valence-electron chi connectivity index (χ1n) is 9.71. The molecule has 2 aromatic rings. The minimum absolute atomic E-state index is 0.0160. The summed E-state index contributed by atoms with van der Waals surface area (Å²) in [5.41, 5.74) is 0.988. The first kappa shape index (κ1) is 18.5. The van der Waals surface area contributed by atoms with Gasteiger partial charge in [-0.2, -0.15) is 5.10 Å². The van der Waals surface area contributed by atoms with E-state index in [1.54, 1.807) is 4.57 Å². The van der Waals surface area contributed by atoms with Gasteiger partial charge in [0.05, 0.1) is 6.04 Å². The predicted molar refractivity (Wildman–Crippen MR) is 100.0 cm³/mol. The zero-order valence-corrected chi connectivity index (χ0v) is 16.0. The molecule has 7 heteroatoms. The molecular weight excluding hydrogens is 330 g/mol. The zero-order chi connectivity index (χ0) is 18.7. The number of carbonyl (C=O) groups is 1. The minimum Gasteiger partial charge on any atom is -0.348 e. The van der Waals surface area contributed by atoms with Gasteiger partial charge in [0.2, 0.25) is 5.91 Å². The zero-order valence-electron chi connectivity index (χ0n) is 16.0. The summed E-state index contributed by atoms with van der Waals surface area (Å²) in [6, 6.07) is 4.17. The summed E-state index contributed by atoms with van der Waals surface area (Å²) in [6.45, 7) is 8.22. The molecule has 1 amide bonds. The highest BCUT2D eigenvalue weighted by molar-refractivity contribution is 5.76. The lowest BCUT2D eigenvalue weighted by Crippen LogP contribution is -2.44. The van der Waals surface area contributed by atoms with Crippen LogP contribution in [0.5, 0.6) is 0 Å². The number of rotatable bonds is 7. The van der Waals surface area contributed by atoms with Gasteiger partial charge < -0.3 is 9.47 Å². The molecule has 0 aromatic carbocycles. The van der Waals surface area contributed by atoms with Gasteiger partial charge in [-0.15, -0.1) is 0 Å². The molecule has 3 heterocycles.